The Balaban J connectivity index is 1.79. The van der Waals surface area contributed by atoms with E-state index in [4.69, 9.17) is 4.74 Å². The van der Waals surface area contributed by atoms with E-state index in [1.165, 1.54) is 0 Å². The highest BCUT2D eigenvalue weighted by atomic mass is 16.5. The summed E-state index contributed by atoms with van der Waals surface area (Å²) in [6.07, 6.45) is 2.65. The largest absolute Gasteiger partial charge is 0.495 e. The minimum Gasteiger partial charge on any atom is -0.495 e. The van der Waals surface area contributed by atoms with E-state index < -0.39 is 0 Å². The SMILES string of the molecule is COc1ccccc1NC(=O)c1cnc([C@@H]2CCNC2)nc1C. The van der Waals surface area contributed by atoms with Crippen LogP contribution in [0.25, 0.3) is 0 Å². The third-order valence-electron chi connectivity index (χ3n) is 4.02. The first-order valence-electron chi connectivity index (χ1n) is 7.67. The molecule has 1 amide bonds. The van der Waals surface area contributed by atoms with Crippen molar-refractivity contribution in [2.75, 3.05) is 25.5 Å². The molecule has 2 N–H and O–H groups in total. The summed E-state index contributed by atoms with van der Waals surface area (Å²) in [6, 6.07) is 7.30. The number of aromatic nitrogens is 2. The van der Waals surface area contributed by atoms with Crippen molar-refractivity contribution < 1.29 is 9.53 Å². The molecular formula is C17H20N4O2. The van der Waals surface area contributed by atoms with E-state index in [1.807, 2.05) is 19.1 Å². The number of ether oxygens (including phenoxy) is 1. The molecule has 0 spiro atoms. The Bertz CT molecular complexity index is 711. The molecule has 0 unspecified atom stereocenters. The van der Waals surface area contributed by atoms with E-state index in [0.717, 1.165) is 25.3 Å². The zero-order valence-electron chi connectivity index (χ0n) is 13.3. The Labute approximate surface area is 135 Å². The maximum Gasteiger partial charge on any atom is 0.259 e. The quantitative estimate of drug-likeness (QED) is 0.904. The van der Waals surface area contributed by atoms with Gasteiger partial charge in [-0.1, -0.05) is 12.1 Å². The van der Waals surface area contributed by atoms with Crippen LogP contribution >= 0.6 is 0 Å². The van der Waals surface area contributed by atoms with Crippen LogP contribution in [0.3, 0.4) is 0 Å². The van der Waals surface area contributed by atoms with Gasteiger partial charge in [0.25, 0.3) is 5.91 Å². The molecule has 1 aliphatic rings. The molecule has 1 aromatic heterocycles. The summed E-state index contributed by atoms with van der Waals surface area (Å²) in [4.78, 5) is 21.4. The summed E-state index contributed by atoms with van der Waals surface area (Å²) in [5, 5.41) is 6.15. The van der Waals surface area contributed by atoms with Crippen molar-refractivity contribution in [3.05, 3.63) is 47.5 Å². The third-order valence-corrected chi connectivity index (χ3v) is 4.02. The van der Waals surface area contributed by atoms with E-state index in [1.54, 1.807) is 25.4 Å². The third kappa shape index (κ3) is 3.32. The number of anilines is 1. The fourth-order valence-corrected chi connectivity index (χ4v) is 2.72. The summed E-state index contributed by atoms with van der Waals surface area (Å²) in [6.45, 7) is 3.72. The number of para-hydroxylation sites is 2. The van der Waals surface area contributed by atoms with E-state index >= 15 is 0 Å². The van der Waals surface area contributed by atoms with Crippen LogP contribution in [-0.2, 0) is 0 Å². The van der Waals surface area contributed by atoms with E-state index in [2.05, 4.69) is 20.6 Å². The van der Waals surface area contributed by atoms with Crippen LogP contribution in [0.2, 0.25) is 0 Å². The van der Waals surface area contributed by atoms with Crippen molar-refractivity contribution in [1.82, 2.24) is 15.3 Å². The molecule has 0 bridgehead atoms. The number of benzene rings is 1. The first kappa shape index (κ1) is 15.4. The Morgan fingerprint density at radius 2 is 2.22 bits per heavy atom. The van der Waals surface area contributed by atoms with Crippen LogP contribution < -0.4 is 15.4 Å². The van der Waals surface area contributed by atoms with Gasteiger partial charge in [0, 0.05) is 18.7 Å². The molecule has 3 rings (SSSR count). The monoisotopic (exact) mass is 312 g/mol. The summed E-state index contributed by atoms with van der Waals surface area (Å²) >= 11 is 0. The van der Waals surface area contributed by atoms with Crippen LogP contribution in [0.1, 0.15) is 34.2 Å². The maximum absolute atomic E-state index is 12.5. The summed E-state index contributed by atoms with van der Waals surface area (Å²) in [5.41, 5.74) is 1.79. The Morgan fingerprint density at radius 3 is 2.91 bits per heavy atom. The van der Waals surface area contributed by atoms with Crippen LogP contribution in [0.4, 0.5) is 5.69 Å². The Hall–Kier alpha value is -2.47. The van der Waals surface area contributed by atoms with Crippen LogP contribution in [0.5, 0.6) is 5.75 Å². The number of amides is 1. The highest BCUT2D eigenvalue weighted by Gasteiger charge is 2.21. The van der Waals surface area contributed by atoms with Gasteiger partial charge >= 0.3 is 0 Å². The zero-order chi connectivity index (χ0) is 16.2. The van der Waals surface area contributed by atoms with Gasteiger partial charge in [0.15, 0.2) is 0 Å². The highest BCUT2D eigenvalue weighted by molar-refractivity contribution is 6.05. The maximum atomic E-state index is 12.5. The van der Waals surface area contributed by atoms with Gasteiger partial charge in [0.05, 0.1) is 24.1 Å². The molecule has 23 heavy (non-hydrogen) atoms. The van der Waals surface area contributed by atoms with Crippen molar-refractivity contribution >= 4 is 11.6 Å². The lowest BCUT2D eigenvalue weighted by molar-refractivity contribution is 0.102. The molecular weight excluding hydrogens is 292 g/mol. The number of hydrogen-bond acceptors (Lipinski definition) is 5. The fourth-order valence-electron chi connectivity index (χ4n) is 2.72. The van der Waals surface area contributed by atoms with Crippen LogP contribution in [0, 0.1) is 6.92 Å². The van der Waals surface area contributed by atoms with Crippen LogP contribution in [0.15, 0.2) is 30.5 Å². The number of methoxy groups -OCH3 is 1. The van der Waals surface area contributed by atoms with Gasteiger partial charge in [0.2, 0.25) is 0 Å². The number of carbonyl (C=O) groups excluding carboxylic acids is 1. The fraction of sp³-hybridized carbons (Fsp3) is 0.353. The molecule has 2 aromatic rings. The van der Waals surface area contributed by atoms with Gasteiger partial charge in [-0.3, -0.25) is 4.79 Å². The van der Waals surface area contributed by atoms with Crippen molar-refractivity contribution in [3.63, 3.8) is 0 Å². The molecule has 6 heteroatoms. The molecule has 6 nitrogen and oxygen atoms in total. The number of hydrogen-bond donors (Lipinski definition) is 2. The number of nitrogens with zero attached hydrogens (tertiary/aromatic N) is 2. The lowest BCUT2D eigenvalue weighted by Gasteiger charge is -2.12. The molecule has 0 aliphatic carbocycles. The van der Waals surface area contributed by atoms with Gasteiger partial charge < -0.3 is 15.4 Å². The smallest absolute Gasteiger partial charge is 0.259 e. The van der Waals surface area contributed by atoms with E-state index in [0.29, 0.717) is 28.6 Å². The molecule has 2 heterocycles. The second-order valence-corrected chi connectivity index (χ2v) is 5.57. The number of rotatable bonds is 4. The first-order valence-corrected chi connectivity index (χ1v) is 7.67. The predicted molar refractivity (Wildman–Crippen MR) is 87.9 cm³/mol. The lowest BCUT2D eigenvalue weighted by Crippen LogP contribution is -2.17. The van der Waals surface area contributed by atoms with Crippen molar-refractivity contribution in [1.29, 1.82) is 0 Å². The van der Waals surface area contributed by atoms with Crippen molar-refractivity contribution in [2.45, 2.75) is 19.3 Å². The summed E-state index contributed by atoms with van der Waals surface area (Å²) < 4.78 is 5.25. The minimum absolute atomic E-state index is 0.233. The molecule has 0 radical (unpaired) electrons. The minimum atomic E-state index is -0.233. The summed E-state index contributed by atoms with van der Waals surface area (Å²) in [7, 11) is 1.57. The molecule has 1 saturated heterocycles. The standard InChI is InChI=1S/C17H20N4O2/c1-11-13(10-19-16(20-11)12-7-8-18-9-12)17(22)21-14-5-3-4-6-15(14)23-2/h3-6,10,12,18H,7-9H2,1-2H3,(H,21,22)/t12-/m1/s1. The first-order chi connectivity index (χ1) is 11.2. The van der Waals surface area contributed by atoms with Gasteiger partial charge in [-0.15, -0.1) is 0 Å². The zero-order valence-corrected chi connectivity index (χ0v) is 13.3. The average Bonchev–Trinajstić information content (AvgIpc) is 3.09. The molecule has 0 saturated carbocycles. The molecule has 120 valence electrons. The Morgan fingerprint density at radius 1 is 1.39 bits per heavy atom. The highest BCUT2D eigenvalue weighted by Crippen LogP contribution is 2.24. The predicted octanol–water partition coefficient (Wildman–Crippen LogP) is 2.12. The number of carbonyl (C=O) groups is 1. The topological polar surface area (TPSA) is 76.1 Å². The molecule has 1 aliphatic heterocycles. The average molecular weight is 312 g/mol. The second kappa shape index (κ2) is 6.75. The molecule has 1 atom stereocenters. The lowest BCUT2D eigenvalue weighted by atomic mass is 10.1. The van der Waals surface area contributed by atoms with Gasteiger partial charge in [0.1, 0.15) is 11.6 Å². The van der Waals surface area contributed by atoms with Gasteiger partial charge in [-0.05, 0) is 32.0 Å². The normalized spacial score (nSPS) is 17.0. The van der Waals surface area contributed by atoms with E-state index in [-0.39, 0.29) is 5.91 Å². The van der Waals surface area contributed by atoms with Gasteiger partial charge in [-0.25, -0.2) is 9.97 Å². The van der Waals surface area contributed by atoms with Crippen LogP contribution in [-0.4, -0.2) is 36.1 Å². The molecule has 1 aromatic carbocycles. The van der Waals surface area contributed by atoms with Crippen molar-refractivity contribution in [2.24, 2.45) is 0 Å². The number of aryl methyl sites for hydroxylation is 1. The summed E-state index contributed by atoms with van der Waals surface area (Å²) in [5.74, 6) is 1.53. The number of nitrogens with one attached hydrogen (secondary N) is 2. The van der Waals surface area contributed by atoms with Gasteiger partial charge in [-0.2, -0.15) is 0 Å². The second-order valence-electron chi connectivity index (χ2n) is 5.57. The van der Waals surface area contributed by atoms with E-state index in [9.17, 15) is 4.79 Å². The van der Waals surface area contributed by atoms with Crippen molar-refractivity contribution in [3.8, 4) is 5.75 Å². The molecule has 1 fully saturated rings. The Kier molecular flexibility index (Phi) is 4.52.